The summed E-state index contributed by atoms with van der Waals surface area (Å²) in [6.45, 7) is 0.624. The maximum absolute atomic E-state index is 13.3. The Morgan fingerprint density at radius 1 is 1.39 bits per heavy atom. The van der Waals surface area contributed by atoms with E-state index < -0.39 is 5.82 Å². The molecular formula is C13H12ClFN2O. The van der Waals surface area contributed by atoms with Crippen molar-refractivity contribution in [2.75, 3.05) is 7.05 Å². The minimum atomic E-state index is -0.501. The highest BCUT2D eigenvalue weighted by Crippen LogP contribution is 2.27. The molecule has 3 nitrogen and oxygen atoms in total. The van der Waals surface area contributed by atoms with Crippen molar-refractivity contribution < 1.29 is 9.13 Å². The topological polar surface area (TPSA) is 34.2 Å². The van der Waals surface area contributed by atoms with Crippen LogP contribution in [0.2, 0.25) is 5.02 Å². The molecule has 0 aliphatic carbocycles. The van der Waals surface area contributed by atoms with Gasteiger partial charge in [-0.2, -0.15) is 0 Å². The second-order valence-electron chi connectivity index (χ2n) is 3.69. The number of hydrogen-bond acceptors (Lipinski definition) is 3. The molecule has 0 radical (unpaired) electrons. The van der Waals surface area contributed by atoms with Crippen LogP contribution in [-0.2, 0) is 6.54 Å². The molecule has 1 aromatic heterocycles. The number of hydrogen-bond donors (Lipinski definition) is 1. The molecule has 0 saturated carbocycles. The van der Waals surface area contributed by atoms with Gasteiger partial charge in [0.25, 0.3) is 0 Å². The minimum Gasteiger partial charge on any atom is -0.457 e. The third-order valence-corrected chi connectivity index (χ3v) is 2.65. The van der Waals surface area contributed by atoms with Crippen LogP contribution in [0.15, 0.2) is 36.7 Å². The zero-order valence-electron chi connectivity index (χ0n) is 9.78. The van der Waals surface area contributed by atoms with Crippen LogP contribution in [0.3, 0.4) is 0 Å². The Balaban J connectivity index is 2.25. The highest BCUT2D eigenvalue weighted by Gasteiger charge is 2.06. The second kappa shape index (κ2) is 5.80. The van der Waals surface area contributed by atoms with Crippen LogP contribution in [0.25, 0.3) is 0 Å². The van der Waals surface area contributed by atoms with Gasteiger partial charge in [-0.05, 0) is 25.2 Å². The molecule has 2 aromatic rings. The molecule has 0 spiro atoms. The van der Waals surface area contributed by atoms with Crippen LogP contribution >= 0.6 is 11.6 Å². The molecule has 5 heteroatoms. The Morgan fingerprint density at radius 2 is 2.22 bits per heavy atom. The van der Waals surface area contributed by atoms with Crippen LogP contribution in [-0.4, -0.2) is 12.0 Å². The lowest BCUT2D eigenvalue weighted by Crippen LogP contribution is -2.06. The average molecular weight is 267 g/mol. The Labute approximate surface area is 110 Å². The number of halogens is 2. The summed E-state index contributed by atoms with van der Waals surface area (Å²) in [6.07, 6.45) is 3.33. The quantitative estimate of drug-likeness (QED) is 0.921. The molecule has 1 N–H and O–H groups in total. The predicted molar refractivity (Wildman–Crippen MR) is 68.5 cm³/mol. The van der Waals surface area contributed by atoms with E-state index in [0.29, 0.717) is 18.0 Å². The van der Waals surface area contributed by atoms with Crippen molar-refractivity contribution >= 4 is 11.6 Å². The van der Waals surface area contributed by atoms with E-state index in [1.54, 1.807) is 24.5 Å². The summed E-state index contributed by atoms with van der Waals surface area (Å²) in [4.78, 5) is 4.02. The van der Waals surface area contributed by atoms with Gasteiger partial charge in [-0.3, -0.25) is 4.98 Å². The van der Waals surface area contributed by atoms with Crippen LogP contribution in [0.4, 0.5) is 4.39 Å². The molecule has 1 aromatic carbocycles. The number of nitrogens with one attached hydrogen (secondary N) is 1. The summed E-state index contributed by atoms with van der Waals surface area (Å²) >= 11 is 5.61. The first kappa shape index (κ1) is 12.8. The van der Waals surface area contributed by atoms with E-state index in [9.17, 15) is 4.39 Å². The van der Waals surface area contributed by atoms with Crippen molar-refractivity contribution in [1.29, 1.82) is 0 Å². The van der Waals surface area contributed by atoms with E-state index in [0.717, 1.165) is 5.56 Å². The maximum Gasteiger partial charge on any atom is 0.145 e. The first-order valence-corrected chi connectivity index (χ1v) is 5.79. The number of rotatable bonds is 4. The van der Waals surface area contributed by atoms with Crippen molar-refractivity contribution in [3.05, 3.63) is 53.1 Å². The summed E-state index contributed by atoms with van der Waals surface area (Å²) < 4.78 is 18.9. The third kappa shape index (κ3) is 2.97. The molecule has 2 rings (SSSR count). The smallest absolute Gasteiger partial charge is 0.145 e. The number of benzene rings is 1. The van der Waals surface area contributed by atoms with Crippen LogP contribution in [0.1, 0.15) is 5.56 Å². The van der Waals surface area contributed by atoms with E-state index in [-0.39, 0.29) is 5.02 Å². The van der Waals surface area contributed by atoms with Gasteiger partial charge < -0.3 is 10.1 Å². The molecule has 0 bridgehead atoms. The van der Waals surface area contributed by atoms with Gasteiger partial charge in [0.15, 0.2) is 0 Å². The molecule has 0 amide bonds. The van der Waals surface area contributed by atoms with Crippen molar-refractivity contribution in [2.45, 2.75) is 6.54 Å². The van der Waals surface area contributed by atoms with Crippen molar-refractivity contribution in [3.63, 3.8) is 0 Å². The summed E-state index contributed by atoms with van der Waals surface area (Å²) in [5.74, 6) is 0.542. The van der Waals surface area contributed by atoms with E-state index in [1.165, 1.54) is 12.1 Å². The fourth-order valence-electron chi connectivity index (χ4n) is 1.50. The van der Waals surface area contributed by atoms with Crippen molar-refractivity contribution in [2.24, 2.45) is 0 Å². The third-order valence-electron chi connectivity index (χ3n) is 2.34. The molecule has 0 aliphatic rings. The fourth-order valence-corrected chi connectivity index (χ4v) is 1.62. The van der Waals surface area contributed by atoms with Crippen LogP contribution in [0.5, 0.6) is 11.5 Å². The van der Waals surface area contributed by atoms with Crippen molar-refractivity contribution in [3.8, 4) is 11.5 Å². The number of pyridine rings is 1. The predicted octanol–water partition coefficient (Wildman–Crippen LogP) is 3.39. The first-order chi connectivity index (χ1) is 8.70. The fraction of sp³-hybridized carbons (Fsp3) is 0.154. The zero-order chi connectivity index (χ0) is 13.0. The number of aromatic nitrogens is 1. The lowest BCUT2D eigenvalue weighted by molar-refractivity contribution is 0.468. The van der Waals surface area contributed by atoms with Gasteiger partial charge >= 0.3 is 0 Å². The average Bonchev–Trinajstić information content (AvgIpc) is 2.37. The summed E-state index contributed by atoms with van der Waals surface area (Å²) in [7, 11) is 1.83. The first-order valence-electron chi connectivity index (χ1n) is 5.41. The van der Waals surface area contributed by atoms with Gasteiger partial charge in [-0.15, -0.1) is 0 Å². The lowest BCUT2D eigenvalue weighted by atomic mass is 10.2. The highest BCUT2D eigenvalue weighted by molar-refractivity contribution is 6.30. The van der Waals surface area contributed by atoms with Crippen LogP contribution in [0, 0.1) is 5.82 Å². The van der Waals surface area contributed by atoms with Gasteiger partial charge in [0.2, 0.25) is 0 Å². The molecule has 1 heterocycles. The summed E-state index contributed by atoms with van der Waals surface area (Å²) in [5, 5.41) is 3.09. The highest BCUT2D eigenvalue weighted by atomic mass is 35.5. The van der Waals surface area contributed by atoms with Gasteiger partial charge in [0.1, 0.15) is 17.3 Å². The molecule has 0 saturated heterocycles. The van der Waals surface area contributed by atoms with E-state index >= 15 is 0 Å². The largest absolute Gasteiger partial charge is 0.457 e. The Hall–Kier alpha value is -1.65. The zero-order valence-corrected chi connectivity index (χ0v) is 10.5. The van der Waals surface area contributed by atoms with E-state index in [4.69, 9.17) is 16.3 Å². The van der Waals surface area contributed by atoms with Crippen molar-refractivity contribution in [1.82, 2.24) is 10.3 Å². The van der Waals surface area contributed by atoms with Gasteiger partial charge in [-0.1, -0.05) is 11.6 Å². The van der Waals surface area contributed by atoms with Gasteiger partial charge in [0, 0.05) is 30.6 Å². The lowest BCUT2D eigenvalue weighted by Gasteiger charge is -2.10. The van der Waals surface area contributed by atoms with Crippen LogP contribution < -0.4 is 10.1 Å². The summed E-state index contributed by atoms with van der Waals surface area (Å²) in [5.41, 5.74) is 0.898. The number of nitrogens with zero attached hydrogens (tertiary/aromatic N) is 1. The van der Waals surface area contributed by atoms with Gasteiger partial charge in [-0.25, -0.2) is 4.39 Å². The van der Waals surface area contributed by atoms with Gasteiger partial charge in [0.05, 0.1) is 5.02 Å². The molecule has 0 atom stereocenters. The Morgan fingerprint density at radius 3 is 2.94 bits per heavy atom. The second-order valence-corrected chi connectivity index (χ2v) is 4.10. The Kier molecular flexibility index (Phi) is 4.12. The minimum absolute atomic E-state index is 0.0764. The van der Waals surface area contributed by atoms with E-state index in [1.807, 2.05) is 7.05 Å². The molecule has 18 heavy (non-hydrogen) atoms. The SMILES string of the molecule is CNCc1cnccc1Oc1ccc(Cl)c(F)c1. The molecule has 0 unspecified atom stereocenters. The maximum atomic E-state index is 13.3. The molecular weight excluding hydrogens is 255 g/mol. The van der Waals surface area contributed by atoms with E-state index in [2.05, 4.69) is 10.3 Å². The molecule has 0 fully saturated rings. The monoisotopic (exact) mass is 266 g/mol. The summed E-state index contributed by atoms with van der Waals surface area (Å²) in [6, 6.07) is 6.07. The number of ether oxygens (including phenoxy) is 1. The standard InChI is InChI=1S/C13H12ClFN2O/c1-16-7-9-8-17-5-4-13(9)18-10-2-3-11(14)12(15)6-10/h2-6,8,16H,7H2,1H3. The normalized spacial score (nSPS) is 10.4. The Bertz CT molecular complexity index is 548. The molecule has 94 valence electrons. The molecule has 0 aliphatic heterocycles.